The molecule has 0 radical (unpaired) electrons. The van der Waals surface area contributed by atoms with Gasteiger partial charge >= 0.3 is 0 Å². The lowest BCUT2D eigenvalue weighted by molar-refractivity contribution is -0.120. The summed E-state index contributed by atoms with van der Waals surface area (Å²) in [5.74, 6) is 0.160. The van der Waals surface area contributed by atoms with E-state index in [0.29, 0.717) is 0 Å². The van der Waals surface area contributed by atoms with Crippen molar-refractivity contribution in [3.05, 3.63) is 29.3 Å². The van der Waals surface area contributed by atoms with Crippen molar-refractivity contribution in [2.45, 2.75) is 18.8 Å². The third kappa shape index (κ3) is 1.07. The molecule has 1 aromatic rings. The molecule has 0 aromatic heterocycles. The van der Waals surface area contributed by atoms with Crippen molar-refractivity contribution in [3.8, 4) is 0 Å². The van der Waals surface area contributed by atoms with Crippen LogP contribution in [0.2, 0.25) is 0 Å². The monoisotopic (exact) mass is 202 g/mol. The fourth-order valence-corrected chi connectivity index (χ4v) is 2.66. The van der Waals surface area contributed by atoms with Crippen LogP contribution in [-0.4, -0.2) is 19.0 Å². The van der Waals surface area contributed by atoms with Gasteiger partial charge < -0.3 is 10.6 Å². The summed E-state index contributed by atoms with van der Waals surface area (Å²) in [6, 6.07) is 6.23. The number of benzene rings is 1. The molecule has 3 nitrogen and oxygen atoms in total. The summed E-state index contributed by atoms with van der Waals surface area (Å²) in [6.45, 7) is 3.75. The summed E-state index contributed by atoms with van der Waals surface area (Å²) in [4.78, 5) is 12.0. The van der Waals surface area contributed by atoms with Gasteiger partial charge in [0.05, 0.1) is 5.41 Å². The van der Waals surface area contributed by atoms with E-state index in [2.05, 4.69) is 28.8 Å². The highest BCUT2D eigenvalue weighted by Gasteiger charge is 2.48. The number of hydrogen-bond donors (Lipinski definition) is 2. The van der Waals surface area contributed by atoms with Crippen molar-refractivity contribution in [1.29, 1.82) is 0 Å². The van der Waals surface area contributed by atoms with E-state index in [0.717, 1.165) is 25.2 Å². The van der Waals surface area contributed by atoms with Crippen molar-refractivity contribution in [3.63, 3.8) is 0 Å². The molecule has 0 saturated carbocycles. The van der Waals surface area contributed by atoms with Gasteiger partial charge in [0.1, 0.15) is 0 Å². The van der Waals surface area contributed by atoms with Crippen LogP contribution in [0, 0.1) is 6.92 Å². The fraction of sp³-hybridized carbons (Fsp3) is 0.417. The maximum absolute atomic E-state index is 12.0. The lowest BCUT2D eigenvalue weighted by Crippen LogP contribution is -2.36. The average Bonchev–Trinajstić information content (AvgIpc) is 2.76. The predicted molar refractivity (Wildman–Crippen MR) is 59.0 cm³/mol. The fourth-order valence-electron chi connectivity index (χ4n) is 2.66. The van der Waals surface area contributed by atoms with E-state index < -0.39 is 0 Å². The molecular formula is C12H14N2O. The van der Waals surface area contributed by atoms with Crippen LogP contribution in [0.1, 0.15) is 17.5 Å². The molecule has 1 saturated heterocycles. The van der Waals surface area contributed by atoms with Crippen molar-refractivity contribution < 1.29 is 4.79 Å². The second kappa shape index (κ2) is 2.83. The first kappa shape index (κ1) is 8.92. The Morgan fingerprint density at radius 1 is 1.40 bits per heavy atom. The van der Waals surface area contributed by atoms with Crippen molar-refractivity contribution >= 4 is 11.6 Å². The normalized spacial score (nSPS) is 28.2. The minimum Gasteiger partial charge on any atom is -0.325 e. The van der Waals surface area contributed by atoms with Crippen LogP contribution < -0.4 is 10.6 Å². The van der Waals surface area contributed by atoms with Crippen LogP contribution in [0.25, 0.3) is 0 Å². The van der Waals surface area contributed by atoms with Crippen LogP contribution in [0.5, 0.6) is 0 Å². The Labute approximate surface area is 88.9 Å². The number of aryl methyl sites for hydroxylation is 1. The zero-order valence-corrected chi connectivity index (χ0v) is 8.76. The summed E-state index contributed by atoms with van der Waals surface area (Å²) in [5.41, 5.74) is 3.08. The van der Waals surface area contributed by atoms with Gasteiger partial charge in [0, 0.05) is 12.2 Å². The summed E-state index contributed by atoms with van der Waals surface area (Å²) in [7, 11) is 0. The molecule has 2 aliphatic heterocycles. The van der Waals surface area contributed by atoms with Crippen LogP contribution in [0.4, 0.5) is 5.69 Å². The van der Waals surface area contributed by atoms with Crippen LogP contribution in [-0.2, 0) is 10.2 Å². The number of amides is 1. The van der Waals surface area contributed by atoms with Gasteiger partial charge in [-0.25, -0.2) is 0 Å². The highest BCUT2D eigenvalue weighted by atomic mass is 16.2. The van der Waals surface area contributed by atoms with Gasteiger partial charge in [-0.2, -0.15) is 0 Å². The molecule has 78 valence electrons. The number of nitrogens with one attached hydrogen (secondary N) is 2. The maximum Gasteiger partial charge on any atom is 0.236 e. The Morgan fingerprint density at radius 3 is 3.00 bits per heavy atom. The standard InChI is InChI=1S/C12H14N2O/c1-8-2-3-9-10(6-8)14-11(15)12(9)4-5-13-7-12/h2-3,6,13H,4-5,7H2,1H3,(H,14,15)/t12-/m0/s1. The van der Waals surface area contributed by atoms with E-state index in [4.69, 9.17) is 0 Å². The minimum atomic E-state index is -0.289. The number of carbonyl (C=O) groups is 1. The number of carbonyl (C=O) groups excluding carboxylic acids is 1. The molecule has 15 heavy (non-hydrogen) atoms. The molecule has 1 amide bonds. The minimum absolute atomic E-state index is 0.160. The number of anilines is 1. The van der Waals surface area contributed by atoms with Gasteiger partial charge in [0.15, 0.2) is 0 Å². The highest BCUT2D eigenvalue weighted by Crippen LogP contribution is 2.41. The van der Waals surface area contributed by atoms with E-state index in [-0.39, 0.29) is 11.3 Å². The summed E-state index contributed by atoms with van der Waals surface area (Å²) < 4.78 is 0. The number of rotatable bonds is 0. The van der Waals surface area contributed by atoms with Crippen LogP contribution in [0.15, 0.2) is 18.2 Å². The molecule has 1 aromatic carbocycles. The van der Waals surface area contributed by atoms with Crippen LogP contribution >= 0.6 is 0 Å². The Kier molecular flexibility index (Phi) is 1.68. The molecular weight excluding hydrogens is 188 g/mol. The first-order valence-corrected chi connectivity index (χ1v) is 5.36. The summed E-state index contributed by atoms with van der Waals surface area (Å²) in [6.07, 6.45) is 0.912. The molecule has 0 aliphatic carbocycles. The SMILES string of the molecule is Cc1ccc2c(c1)NC(=O)[C@]21CCNC1. The van der Waals surface area contributed by atoms with E-state index >= 15 is 0 Å². The summed E-state index contributed by atoms with van der Waals surface area (Å²) in [5, 5.41) is 6.27. The van der Waals surface area contributed by atoms with Gasteiger partial charge in [-0.05, 0) is 37.1 Å². The van der Waals surface area contributed by atoms with Crippen molar-refractivity contribution in [1.82, 2.24) is 5.32 Å². The van der Waals surface area contributed by atoms with Gasteiger partial charge in [0.2, 0.25) is 5.91 Å². The second-order valence-electron chi connectivity index (χ2n) is 4.51. The Hall–Kier alpha value is -1.35. The maximum atomic E-state index is 12.0. The first-order chi connectivity index (χ1) is 7.22. The number of fused-ring (bicyclic) bond motifs is 2. The quantitative estimate of drug-likeness (QED) is 0.663. The van der Waals surface area contributed by atoms with Crippen LogP contribution in [0.3, 0.4) is 0 Å². The zero-order chi connectivity index (χ0) is 10.5. The highest BCUT2D eigenvalue weighted by molar-refractivity contribution is 6.06. The molecule has 2 N–H and O–H groups in total. The lowest BCUT2D eigenvalue weighted by atomic mass is 9.81. The topological polar surface area (TPSA) is 41.1 Å². The lowest BCUT2D eigenvalue weighted by Gasteiger charge is -2.19. The summed E-state index contributed by atoms with van der Waals surface area (Å²) >= 11 is 0. The Morgan fingerprint density at radius 2 is 2.27 bits per heavy atom. The zero-order valence-electron chi connectivity index (χ0n) is 8.76. The molecule has 3 heteroatoms. The molecule has 2 heterocycles. The van der Waals surface area contributed by atoms with E-state index in [1.54, 1.807) is 0 Å². The Balaban J connectivity index is 2.17. The molecule has 0 bridgehead atoms. The molecule has 1 fully saturated rings. The first-order valence-electron chi connectivity index (χ1n) is 5.36. The molecule has 0 unspecified atom stereocenters. The van der Waals surface area contributed by atoms with E-state index in [1.165, 1.54) is 11.1 Å². The smallest absolute Gasteiger partial charge is 0.236 e. The van der Waals surface area contributed by atoms with Gasteiger partial charge in [0.25, 0.3) is 0 Å². The van der Waals surface area contributed by atoms with Gasteiger partial charge in [-0.15, -0.1) is 0 Å². The van der Waals surface area contributed by atoms with Crippen molar-refractivity contribution in [2.75, 3.05) is 18.4 Å². The third-order valence-corrected chi connectivity index (χ3v) is 3.53. The van der Waals surface area contributed by atoms with E-state index in [1.807, 2.05) is 6.92 Å². The second-order valence-corrected chi connectivity index (χ2v) is 4.51. The molecule has 3 rings (SSSR count). The molecule has 1 atom stereocenters. The number of hydrogen-bond acceptors (Lipinski definition) is 2. The largest absolute Gasteiger partial charge is 0.325 e. The van der Waals surface area contributed by atoms with Gasteiger partial charge in [-0.3, -0.25) is 4.79 Å². The van der Waals surface area contributed by atoms with E-state index in [9.17, 15) is 4.79 Å². The van der Waals surface area contributed by atoms with Crippen molar-refractivity contribution in [2.24, 2.45) is 0 Å². The predicted octanol–water partition coefficient (Wildman–Crippen LogP) is 1.18. The molecule has 1 spiro atoms. The molecule has 2 aliphatic rings. The average molecular weight is 202 g/mol. The Bertz CT molecular complexity index is 433. The van der Waals surface area contributed by atoms with Gasteiger partial charge in [-0.1, -0.05) is 12.1 Å². The third-order valence-electron chi connectivity index (χ3n) is 3.53.